The maximum Gasteiger partial charge on any atom is 0.416 e. The molecule has 1 aromatic carbocycles. The molecule has 2 fully saturated rings. The number of anilines is 1. The minimum Gasteiger partial charge on any atom is -0.481 e. The molecule has 2 aliphatic rings. The number of nitrogens with one attached hydrogen (secondary N) is 1. The zero-order chi connectivity index (χ0) is 16.8. The Hall–Kier alpha value is -2.05. The summed E-state index contributed by atoms with van der Waals surface area (Å²) >= 11 is 0. The van der Waals surface area contributed by atoms with Gasteiger partial charge in [-0.15, -0.1) is 0 Å². The van der Waals surface area contributed by atoms with Gasteiger partial charge in [0, 0.05) is 5.69 Å². The Morgan fingerprint density at radius 2 is 1.78 bits per heavy atom. The molecule has 2 aliphatic carbocycles. The van der Waals surface area contributed by atoms with Gasteiger partial charge < -0.3 is 10.4 Å². The van der Waals surface area contributed by atoms with Crippen LogP contribution in [0.2, 0.25) is 0 Å². The van der Waals surface area contributed by atoms with E-state index in [1.807, 2.05) is 0 Å². The molecule has 4 atom stereocenters. The van der Waals surface area contributed by atoms with Gasteiger partial charge >= 0.3 is 12.1 Å². The second-order valence-electron chi connectivity index (χ2n) is 6.29. The summed E-state index contributed by atoms with van der Waals surface area (Å²) < 4.78 is 38.1. The molecule has 0 aliphatic heterocycles. The molecule has 7 heteroatoms. The average molecular weight is 327 g/mol. The molecular formula is C16H16F3NO3. The van der Waals surface area contributed by atoms with Gasteiger partial charge in [-0.1, -0.05) is 6.07 Å². The predicted octanol–water partition coefficient (Wildman–Crippen LogP) is 3.39. The number of halogens is 3. The Labute approximate surface area is 130 Å². The number of hydrogen-bond donors (Lipinski definition) is 2. The summed E-state index contributed by atoms with van der Waals surface area (Å²) in [5, 5.41) is 11.8. The van der Waals surface area contributed by atoms with Gasteiger partial charge in [-0.05, 0) is 49.3 Å². The molecule has 2 saturated carbocycles. The lowest BCUT2D eigenvalue weighted by molar-refractivity contribution is -0.148. The summed E-state index contributed by atoms with van der Waals surface area (Å²) in [6.45, 7) is 0. The number of hydrogen-bond acceptors (Lipinski definition) is 2. The quantitative estimate of drug-likeness (QED) is 0.894. The normalized spacial score (nSPS) is 29.5. The summed E-state index contributed by atoms with van der Waals surface area (Å²) in [6, 6.07) is 4.37. The van der Waals surface area contributed by atoms with Crippen molar-refractivity contribution in [2.45, 2.75) is 25.4 Å². The van der Waals surface area contributed by atoms with E-state index in [1.165, 1.54) is 12.1 Å². The lowest BCUT2D eigenvalue weighted by Crippen LogP contribution is -2.37. The van der Waals surface area contributed by atoms with E-state index in [4.69, 9.17) is 0 Å². The van der Waals surface area contributed by atoms with Crippen LogP contribution < -0.4 is 5.32 Å². The minimum absolute atomic E-state index is 0.00485. The number of amides is 1. The lowest BCUT2D eigenvalue weighted by atomic mass is 9.78. The van der Waals surface area contributed by atoms with Gasteiger partial charge in [0.15, 0.2) is 0 Å². The number of alkyl halides is 3. The van der Waals surface area contributed by atoms with Crippen LogP contribution in [0.4, 0.5) is 18.9 Å². The van der Waals surface area contributed by atoms with Crippen molar-refractivity contribution in [2.24, 2.45) is 23.7 Å². The first-order chi connectivity index (χ1) is 10.8. The highest BCUT2D eigenvalue weighted by Gasteiger charge is 2.54. The summed E-state index contributed by atoms with van der Waals surface area (Å²) in [5.74, 6) is -2.90. The van der Waals surface area contributed by atoms with E-state index in [2.05, 4.69) is 5.32 Å². The van der Waals surface area contributed by atoms with Gasteiger partial charge in [0.2, 0.25) is 5.91 Å². The first-order valence-electron chi connectivity index (χ1n) is 7.48. The Kier molecular flexibility index (Phi) is 3.82. The van der Waals surface area contributed by atoms with Crippen molar-refractivity contribution in [3.05, 3.63) is 29.8 Å². The molecule has 0 radical (unpaired) electrons. The number of aliphatic carboxylic acids is 1. The second-order valence-corrected chi connectivity index (χ2v) is 6.29. The maximum absolute atomic E-state index is 12.7. The van der Waals surface area contributed by atoms with Gasteiger partial charge in [0.1, 0.15) is 0 Å². The zero-order valence-corrected chi connectivity index (χ0v) is 12.1. The van der Waals surface area contributed by atoms with Gasteiger partial charge in [-0.3, -0.25) is 9.59 Å². The smallest absolute Gasteiger partial charge is 0.416 e. The fourth-order valence-corrected chi connectivity index (χ4v) is 4.02. The summed E-state index contributed by atoms with van der Waals surface area (Å²) in [6.07, 6.45) is -2.18. The van der Waals surface area contributed by atoms with Crippen LogP contribution in [-0.4, -0.2) is 17.0 Å². The molecule has 23 heavy (non-hydrogen) atoms. The van der Waals surface area contributed by atoms with Crippen LogP contribution >= 0.6 is 0 Å². The molecular weight excluding hydrogens is 311 g/mol. The molecule has 2 bridgehead atoms. The van der Waals surface area contributed by atoms with E-state index in [1.54, 1.807) is 0 Å². The van der Waals surface area contributed by atoms with Crippen molar-refractivity contribution in [2.75, 3.05) is 5.32 Å². The minimum atomic E-state index is -4.49. The van der Waals surface area contributed by atoms with Crippen molar-refractivity contribution in [3.8, 4) is 0 Å². The Bertz CT molecular complexity index is 644. The van der Waals surface area contributed by atoms with Crippen LogP contribution in [0.25, 0.3) is 0 Å². The fourth-order valence-electron chi connectivity index (χ4n) is 4.02. The van der Waals surface area contributed by atoms with Crippen molar-refractivity contribution in [3.63, 3.8) is 0 Å². The third-order valence-corrected chi connectivity index (χ3v) is 4.96. The molecule has 4 nitrogen and oxygen atoms in total. The number of rotatable bonds is 3. The third kappa shape index (κ3) is 2.92. The van der Waals surface area contributed by atoms with Crippen LogP contribution in [0.3, 0.4) is 0 Å². The number of carboxylic acid groups (broad SMARTS) is 1. The monoisotopic (exact) mass is 327 g/mol. The van der Waals surface area contributed by atoms with E-state index in [0.717, 1.165) is 25.0 Å². The van der Waals surface area contributed by atoms with Crippen LogP contribution in [0, 0.1) is 23.7 Å². The molecule has 1 amide bonds. The molecule has 2 N–H and O–H groups in total. The zero-order valence-electron chi connectivity index (χ0n) is 12.1. The van der Waals surface area contributed by atoms with Crippen molar-refractivity contribution in [1.82, 2.24) is 0 Å². The lowest BCUT2D eigenvalue weighted by Gasteiger charge is -2.27. The average Bonchev–Trinajstić information content (AvgIpc) is 3.07. The third-order valence-electron chi connectivity index (χ3n) is 4.96. The standard InChI is InChI=1S/C16H16F3NO3/c17-16(18,19)10-2-1-3-11(7-10)20-14(21)12-8-4-5-9(6-8)13(12)15(22)23/h1-3,7-9,12-13H,4-6H2,(H,20,21)(H,22,23)/t8-,9-,12+,13-/m0/s1. The number of carbonyl (C=O) groups is 2. The van der Waals surface area contributed by atoms with Crippen LogP contribution in [0.5, 0.6) is 0 Å². The summed E-state index contributed by atoms with van der Waals surface area (Å²) in [7, 11) is 0. The highest BCUT2D eigenvalue weighted by atomic mass is 19.4. The largest absolute Gasteiger partial charge is 0.481 e. The molecule has 1 aromatic rings. The van der Waals surface area contributed by atoms with Crippen molar-refractivity contribution in [1.29, 1.82) is 0 Å². The van der Waals surface area contributed by atoms with E-state index in [0.29, 0.717) is 6.42 Å². The number of carbonyl (C=O) groups excluding carboxylic acids is 1. The van der Waals surface area contributed by atoms with E-state index < -0.39 is 35.5 Å². The maximum atomic E-state index is 12.7. The predicted molar refractivity (Wildman–Crippen MR) is 75.5 cm³/mol. The fraction of sp³-hybridized carbons (Fsp3) is 0.500. The first-order valence-corrected chi connectivity index (χ1v) is 7.48. The van der Waals surface area contributed by atoms with E-state index in [9.17, 15) is 27.9 Å². The van der Waals surface area contributed by atoms with Crippen LogP contribution in [-0.2, 0) is 15.8 Å². The molecule has 0 spiro atoms. The molecule has 3 rings (SSSR count). The van der Waals surface area contributed by atoms with E-state index in [-0.39, 0.29) is 17.5 Å². The molecule has 124 valence electrons. The highest BCUT2D eigenvalue weighted by molar-refractivity contribution is 5.96. The van der Waals surface area contributed by atoms with Crippen molar-refractivity contribution < 1.29 is 27.9 Å². The Morgan fingerprint density at radius 3 is 2.39 bits per heavy atom. The second kappa shape index (κ2) is 5.54. The van der Waals surface area contributed by atoms with Gasteiger partial charge in [0.25, 0.3) is 0 Å². The molecule has 0 saturated heterocycles. The topological polar surface area (TPSA) is 66.4 Å². The molecule has 0 unspecified atom stereocenters. The number of fused-ring (bicyclic) bond motifs is 2. The van der Waals surface area contributed by atoms with Gasteiger partial charge in [-0.2, -0.15) is 13.2 Å². The van der Waals surface area contributed by atoms with E-state index >= 15 is 0 Å². The van der Waals surface area contributed by atoms with Crippen molar-refractivity contribution >= 4 is 17.6 Å². The Balaban J connectivity index is 1.78. The van der Waals surface area contributed by atoms with Crippen LogP contribution in [0.15, 0.2) is 24.3 Å². The highest BCUT2D eigenvalue weighted by Crippen LogP contribution is 2.52. The SMILES string of the molecule is O=C(Nc1cccc(C(F)(F)F)c1)[C@@H]1[C@H]2CC[C@@H](C2)[C@@H]1C(=O)O. The van der Waals surface area contributed by atoms with Gasteiger partial charge in [0.05, 0.1) is 17.4 Å². The number of benzene rings is 1. The molecule has 0 aromatic heterocycles. The molecule has 0 heterocycles. The number of carboxylic acids is 1. The van der Waals surface area contributed by atoms with Crippen LogP contribution in [0.1, 0.15) is 24.8 Å². The Morgan fingerprint density at radius 1 is 1.13 bits per heavy atom. The summed E-state index contributed by atoms with van der Waals surface area (Å²) in [5.41, 5.74) is -0.810. The summed E-state index contributed by atoms with van der Waals surface area (Å²) in [4.78, 5) is 23.8. The first kappa shape index (κ1) is 15.8. The van der Waals surface area contributed by atoms with Gasteiger partial charge in [-0.25, -0.2) is 0 Å².